The summed E-state index contributed by atoms with van der Waals surface area (Å²) in [6.07, 6.45) is 3.90. The summed E-state index contributed by atoms with van der Waals surface area (Å²) in [7, 11) is 0. The van der Waals surface area contributed by atoms with Gasteiger partial charge in [-0.15, -0.1) is 0 Å². The highest BCUT2D eigenvalue weighted by Crippen LogP contribution is 2.25. The number of piperidine rings is 1. The fraction of sp³-hybridized carbons (Fsp3) is 0.286. The number of likely N-dealkylation sites (tertiary alicyclic amines) is 1. The molecule has 1 aliphatic heterocycles. The molecule has 26 heavy (non-hydrogen) atoms. The number of benzene rings is 2. The predicted octanol–water partition coefficient (Wildman–Crippen LogP) is 4.39. The first-order valence-corrected chi connectivity index (χ1v) is 8.85. The first-order valence-electron chi connectivity index (χ1n) is 8.85. The number of nitro groups is 1. The van der Waals surface area contributed by atoms with E-state index in [9.17, 15) is 14.9 Å². The molecule has 0 unspecified atom stereocenters. The molecule has 3 rings (SSSR count). The van der Waals surface area contributed by atoms with E-state index in [1.54, 1.807) is 18.2 Å². The van der Waals surface area contributed by atoms with Gasteiger partial charge in [0.1, 0.15) is 0 Å². The molecule has 0 radical (unpaired) electrons. The van der Waals surface area contributed by atoms with Crippen LogP contribution >= 0.6 is 0 Å². The highest BCUT2D eigenvalue weighted by molar-refractivity contribution is 6.24. The molecular formula is C21H22N2O3. The predicted molar refractivity (Wildman–Crippen MR) is 102 cm³/mol. The van der Waals surface area contributed by atoms with Crippen molar-refractivity contribution in [3.63, 3.8) is 0 Å². The van der Waals surface area contributed by atoms with Crippen LogP contribution in [0.3, 0.4) is 0 Å². The normalized spacial score (nSPS) is 17.8. The summed E-state index contributed by atoms with van der Waals surface area (Å²) in [6, 6.07) is 15.8. The Hall–Kier alpha value is -2.95. The largest absolute Gasteiger partial charge is 0.338 e. The van der Waals surface area contributed by atoms with Crippen molar-refractivity contribution in [1.82, 2.24) is 4.90 Å². The second kappa shape index (κ2) is 7.95. The van der Waals surface area contributed by atoms with E-state index >= 15 is 0 Å². The average Bonchev–Trinajstić information content (AvgIpc) is 2.66. The maximum Gasteiger partial charge on any atom is 0.270 e. The molecule has 0 aliphatic carbocycles. The van der Waals surface area contributed by atoms with E-state index in [4.69, 9.17) is 0 Å². The van der Waals surface area contributed by atoms with Gasteiger partial charge in [0.2, 0.25) is 0 Å². The van der Waals surface area contributed by atoms with Gasteiger partial charge >= 0.3 is 0 Å². The van der Waals surface area contributed by atoms with Crippen LogP contribution < -0.4 is 0 Å². The molecule has 0 bridgehead atoms. The highest BCUT2D eigenvalue weighted by atomic mass is 16.6. The molecule has 1 aliphatic rings. The lowest BCUT2D eigenvalue weighted by molar-refractivity contribution is -0.384. The lowest BCUT2D eigenvalue weighted by Crippen LogP contribution is -2.39. The number of carbonyl (C=O) groups excluding carboxylic acids is 1. The van der Waals surface area contributed by atoms with Crippen LogP contribution in [0.15, 0.2) is 54.6 Å². The Morgan fingerprint density at radius 1 is 1.19 bits per heavy atom. The Morgan fingerprint density at radius 2 is 1.96 bits per heavy atom. The molecule has 5 heteroatoms. The molecule has 2 aromatic carbocycles. The van der Waals surface area contributed by atoms with E-state index in [0.717, 1.165) is 31.5 Å². The zero-order valence-corrected chi connectivity index (χ0v) is 14.8. The number of rotatable bonds is 4. The Bertz CT molecular complexity index is 830. The van der Waals surface area contributed by atoms with Crippen molar-refractivity contribution < 1.29 is 9.72 Å². The summed E-state index contributed by atoms with van der Waals surface area (Å²) < 4.78 is 0. The van der Waals surface area contributed by atoms with Gasteiger partial charge in [-0.05, 0) is 36.0 Å². The molecule has 1 atom stereocenters. The van der Waals surface area contributed by atoms with Crippen molar-refractivity contribution in [1.29, 1.82) is 0 Å². The van der Waals surface area contributed by atoms with Crippen molar-refractivity contribution in [2.75, 3.05) is 13.1 Å². The van der Waals surface area contributed by atoms with Crippen LogP contribution in [0.2, 0.25) is 0 Å². The minimum Gasteiger partial charge on any atom is -0.338 e. The van der Waals surface area contributed by atoms with Crippen molar-refractivity contribution >= 4 is 23.2 Å². The summed E-state index contributed by atoms with van der Waals surface area (Å²) >= 11 is 0. The topological polar surface area (TPSA) is 63.5 Å². The zero-order chi connectivity index (χ0) is 18.5. The number of carbonyl (C=O) groups is 1. The van der Waals surface area contributed by atoms with Crippen LogP contribution in [0.1, 0.15) is 30.9 Å². The summed E-state index contributed by atoms with van der Waals surface area (Å²) in [5.41, 5.74) is 2.06. The molecule has 0 saturated carbocycles. The molecule has 0 spiro atoms. The summed E-state index contributed by atoms with van der Waals surface area (Å²) in [5, 5.41) is 11.0. The minimum atomic E-state index is -0.423. The maximum absolute atomic E-state index is 13.2. The maximum atomic E-state index is 13.2. The Labute approximate surface area is 153 Å². The van der Waals surface area contributed by atoms with Gasteiger partial charge in [0.05, 0.1) is 4.92 Å². The van der Waals surface area contributed by atoms with E-state index in [1.165, 1.54) is 12.1 Å². The van der Waals surface area contributed by atoms with Crippen molar-refractivity contribution in [3.8, 4) is 0 Å². The van der Waals surface area contributed by atoms with E-state index in [0.29, 0.717) is 17.1 Å². The van der Waals surface area contributed by atoms with Gasteiger partial charge in [0.25, 0.3) is 11.6 Å². The van der Waals surface area contributed by atoms with E-state index in [-0.39, 0.29) is 11.6 Å². The van der Waals surface area contributed by atoms with Gasteiger partial charge in [-0.3, -0.25) is 14.9 Å². The number of nitrogens with zero attached hydrogens (tertiary/aromatic N) is 2. The van der Waals surface area contributed by atoms with Gasteiger partial charge in [0.15, 0.2) is 0 Å². The fourth-order valence-electron chi connectivity index (χ4n) is 3.33. The number of non-ortho nitro benzene ring substituents is 1. The summed E-state index contributed by atoms with van der Waals surface area (Å²) in [5.74, 6) is 0.469. The number of nitro benzene ring substituents is 1. The summed E-state index contributed by atoms with van der Waals surface area (Å²) in [4.78, 5) is 25.7. The highest BCUT2D eigenvalue weighted by Gasteiger charge is 2.24. The van der Waals surface area contributed by atoms with E-state index in [2.05, 4.69) is 6.92 Å². The molecular weight excluding hydrogens is 328 g/mol. The van der Waals surface area contributed by atoms with Crippen molar-refractivity contribution in [2.45, 2.75) is 19.8 Å². The van der Waals surface area contributed by atoms with Gasteiger partial charge < -0.3 is 4.90 Å². The second-order valence-electron chi connectivity index (χ2n) is 6.77. The smallest absolute Gasteiger partial charge is 0.270 e. The van der Waals surface area contributed by atoms with Gasteiger partial charge in [-0.1, -0.05) is 49.4 Å². The number of amides is 1. The third-order valence-corrected chi connectivity index (χ3v) is 4.65. The molecule has 134 valence electrons. The van der Waals surface area contributed by atoms with Crippen LogP contribution in [0.4, 0.5) is 5.69 Å². The Morgan fingerprint density at radius 3 is 2.65 bits per heavy atom. The van der Waals surface area contributed by atoms with Crippen LogP contribution in [-0.4, -0.2) is 28.8 Å². The van der Waals surface area contributed by atoms with Gasteiger partial charge in [-0.2, -0.15) is 0 Å². The molecule has 0 aromatic heterocycles. The minimum absolute atomic E-state index is 0.0187. The summed E-state index contributed by atoms with van der Waals surface area (Å²) in [6.45, 7) is 3.66. The molecule has 5 nitrogen and oxygen atoms in total. The van der Waals surface area contributed by atoms with E-state index < -0.39 is 4.92 Å². The van der Waals surface area contributed by atoms with E-state index in [1.807, 2.05) is 35.2 Å². The SMILES string of the molecule is C[C@H]1CCCN(C(=O)/C(=C/c2cccc([N+](=O)[O-])c2)c2ccccc2)C1. The van der Waals surface area contributed by atoms with Gasteiger partial charge in [0, 0.05) is 30.8 Å². The Kier molecular flexibility index (Phi) is 5.46. The van der Waals surface area contributed by atoms with Crippen LogP contribution in [0.25, 0.3) is 11.6 Å². The zero-order valence-electron chi connectivity index (χ0n) is 14.8. The third-order valence-electron chi connectivity index (χ3n) is 4.65. The van der Waals surface area contributed by atoms with Crippen molar-refractivity contribution in [2.24, 2.45) is 5.92 Å². The lowest BCUT2D eigenvalue weighted by Gasteiger charge is -2.31. The monoisotopic (exact) mass is 350 g/mol. The first kappa shape index (κ1) is 17.9. The number of hydrogen-bond donors (Lipinski definition) is 0. The molecule has 2 aromatic rings. The van der Waals surface area contributed by atoms with Crippen LogP contribution in [0.5, 0.6) is 0 Å². The molecule has 1 heterocycles. The molecule has 1 amide bonds. The standard InChI is InChI=1S/C21H22N2O3/c1-16-7-6-12-22(15-16)21(24)20(18-9-3-2-4-10-18)14-17-8-5-11-19(13-17)23(25)26/h2-5,8-11,13-14,16H,6-7,12,15H2,1H3/b20-14+/t16-/m0/s1. The molecule has 0 N–H and O–H groups in total. The number of hydrogen-bond acceptors (Lipinski definition) is 3. The fourth-order valence-corrected chi connectivity index (χ4v) is 3.33. The second-order valence-corrected chi connectivity index (χ2v) is 6.77. The van der Waals surface area contributed by atoms with Crippen molar-refractivity contribution in [3.05, 3.63) is 75.8 Å². The Balaban J connectivity index is 2.00. The molecule has 1 saturated heterocycles. The molecule has 1 fully saturated rings. The average molecular weight is 350 g/mol. The van der Waals surface area contributed by atoms with Crippen LogP contribution in [-0.2, 0) is 4.79 Å². The van der Waals surface area contributed by atoms with Crippen LogP contribution in [0, 0.1) is 16.0 Å². The lowest BCUT2D eigenvalue weighted by atomic mass is 9.97. The van der Waals surface area contributed by atoms with Gasteiger partial charge in [-0.25, -0.2) is 0 Å². The third kappa shape index (κ3) is 4.17. The first-order chi connectivity index (χ1) is 12.5. The quantitative estimate of drug-likeness (QED) is 0.355.